The first kappa shape index (κ1) is 27.3. The fourth-order valence-corrected chi connectivity index (χ4v) is 4.49. The number of amides is 1. The smallest absolute Gasteiger partial charge is 0.295 e. The highest BCUT2D eigenvalue weighted by Crippen LogP contribution is 2.40. The average molecular weight is 495 g/mol. The molecule has 7 nitrogen and oxygen atoms in total. The molecule has 1 atom stereocenters. The Morgan fingerprint density at radius 3 is 2.14 bits per heavy atom. The number of nitrogens with zero attached hydrogens (tertiary/aromatic N) is 2. The van der Waals surface area contributed by atoms with E-state index in [1.54, 1.807) is 29.2 Å². The lowest BCUT2D eigenvalue weighted by Crippen LogP contribution is -2.33. The van der Waals surface area contributed by atoms with Crippen molar-refractivity contribution < 1.29 is 24.2 Å². The van der Waals surface area contributed by atoms with Crippen LogP contribution in [-0.4, -0.2) is 65.5 Å². The van der Waals surface area contributed by atoms with Crippen molar-refractivity contribution in [3.8, 4) is 11.5 Å². The monoisotopic (exact) mass is 494 g/mol. The first-order valence-electron chi connectivity index (χ1n) is 12.8. The fourth-order valence-electron chi connectivity index (χ4n) is 4.49. The van der Waals surface area contributed by atoms with Crippen molar-refractivity contribution >= 4 is 17.4 Å². The van der Waals surface area contributed by atoms with Gasteiger partial charge in [-0.15, -0.1) is 0 Å². The van der Waals surface area contributed by atoms with E-state index in [4.69, 9.17) is 9.47 Å². The first-order chi connectivity index (χ1) is 17.3. The topological polar surface area (TPSA) is 79.3 Å². The largest absolute Gasteiger partial charge is 0.507 e. The zero-order valence-electron chi connectivity index (χ0n) is 22.0. The molecule has 1 unspecified atom stereocenters. The number of ketones is 1. The lowest BCUT2D eigenvalue weighted by molar-refractivity contribution is -0.140. The number of aliphatic hydroxyl groups excluding tert-OH is 1. The maximum absolute atomic E-state index is 13.2. The van der Waals surface area contributed by atoms with Crippen molar-refractivity contribution in [1.82, 2.24) is 9.80 Å². The van der Waals surface area contributed by atoms with Gasteiger partial charge in [-0.3, -0.25) is 9.59 Å². The highest BCUT2D eigenvalue weighted by Gasteiger charge is 2.45. The molecule has 2 aromatic carbocycles. The molecule has 7 heteroatoms. The Labute approximate surface area is 214 Å². The summed E-state index contributed by atoms with van der Waals surface area (Å²) >= 11 is 0. The Morgan fingerprint density at radius 2 is 1.58 bits per heavy atom. The first-order valence-corrected chi connectivity index (χ1v) is 12.8. The molecule has 0 saturated carbocycles. The van der Waals surface area contributed by atoms with Gasteiger partial charge < -0.3 is 24.4 Å². The van der Waals surface area contributed by atoms with Gasteiger partial charge in [0, 0.05) is 12.1 Å². The Bertz CT molecular complexity index is 1060. The molecular formula is C29H38N2O5. The van der Waals surface area contributed by atoms with Crippen LogP contribution in [0.4, 0.5) is 0 Å². The molecule has 2 aromatic rings. The molecule has 0 radical (unpaired) electrons. The fraction of sp³-hybridized carbons (Fsp3) is 0.448. The summed E-state index contributed by atoms with van der Waals surface area (Å²) in [5, 5.41) is 11.2. The SMILES string of the molecule is CCOc1ccc(/C(O)=C2/C(=O)C(=O)N(CCCN(CC)CC)C2c2ccc(OC(C)C)cc2)cc1. The quantitative estimate of drug-likeness (QED) is 0.253. The summed E-state index contributed by atoms with van der Waals surface area (Å²) in [6, 6.07) is 13.6. The predicted octanol–water partition coefficient (Wildman–Crippen LogP) is 5.03. The Hall–Kier alpha value is -3.32. The number of aliphatic hydroxyl groups is 1. The Balaban J connectivity index is 2.00. The van der Waals surface area contributed by atoms with Gasteiger partial charge in [0.1, 0.15) is 17.3 Å². The summed E-state index contributed by atoms with van der Waals surface area (Å²) in [5.74, 6) is -0.0663. The number of benzene rings is 2. The van der Waals surface area contributed by atoms with Crippen molar-refractivity contribution in [2.45, 2.75) is 53.2 Å². The molecule has 0 aliphatic carbocycles. The lowest BCUT2D eigenvalue weighted by Gasteiger charge is -2.27. The molecule has 0 spiro atoms. The molecule has 1 fully saturated rings. The van der Waals surface area contributed by atoms with Crippen LogP contribution in [0.2, 0.25) is 0 Å². The highest BCUT2D eigenvalue weighted by molar-refractivity contribution is 6.46. The van der Waals surface area contributed by atoms with Gasteiger partial charge in [-0.2, -0.15) is 0 Å². The summed E-state index contributed by atoms with van der Waals surface area (Å²) in [6.45, 7) is 13.6. The van der Waals surface area contributed by atoms with E-state index in [0.29, 0.717) is 30.2 Å². The normalized spacial score (nSPS) is 17.3. The standard InChI is InChI=1S/C29H38N2O5/c1-6-30(7-2)18-9-19-31-26(21-10-16-24(17-11-21)36-20(4)5)25(28(33)29(31)34)27(32)22-12-14-23(15-13-22)35-8-3/h10-17,20,26,32H,6-9,18-19H2,1-5H3/b27-25-. The maximum Gasteiger partial charge on any atom is 0.295 e. The van der Waals surface area contributed by atoms with E-state index in [0.717, 1.165) is 31.6 Å². The molecule has 36 heavy (non-hydrogen) atoms. The Kier molecular flexibility index (Phi) is 9.53. The molecule has 0 aromatic heterocycles. The third-order valence-electron chi connectivity index (χ3n) is 6.31. The van der Waals surface area contributed by atoms with Crippen LogP contribution in [-0.2, 0) is 9.59 Å². The summed E-state index contributed by atoms with van der Waals surface area (Å²) < 4.78 is 11.3. The summed E-state index contributed by atoms with van der Waals surface area (Å²) in [7, 11) is 0. The van der Waals surface area contributed by atoms with E-state index in [1.807, 2.05) is 45.0 Å². The average Bonchev–Trinajstić information content (AvgIpc) is 3.12. The van der Waals surface area contributed by atoms with Crippen LogP contribution in [0.3, 0.4) is 0 Å². The van der Waals surface area contributed by atoms with Gasteiger partial charge in [0.15, 0.2) is 0 Å². The second kappa shape index (κ2) is 12.6. The third kappa shape index (κ3) is 6.26. The second-order valence-corrected chi connectivity index (χ2v) is 9.07. The van der Waals surface area contributed by atoms with Crippen molar-refractivity contribution in [2.75, 3.05) is 32.8 Å². The molecule has 1 saturated heterocycles. The zero-order chi connectivity index (χ0) is 26.2. The molecule has 1 aliphatic heterocycles. The van der Waals surface area contributed by atoms with Crippen LogP contribution in [0.5, 0.6) is 11.5 Å². The second-order valence-electron chi connectivity index (χ2n) is 9.07. The van der Waals surface area contributed by atoms with Gasteiger partial charge >= 0.3 is 0 Å². The van der Waals surface area contributed by atoms with Crippen molar-refractivity contribution in [1.29, 1.82) is 0 Å². The maximum atomic E-state index is 13.2. The van der Waals surface area contributed by atoms with Gasteiger partial charge in [-0.25, -0.2) is 0 Å². The van der Waals surface area contributed by atoms with Crippen LogP contribution in [0, 0.1) is 0 Å². The molecule has 0 bridgehead atoms. The van der Waals surface area contributed by atoms with Gasteiger partial charge in [0.05, 0.1) is 24.3 Å². The van der Waals surface area contributed by atoms with Gasteiger partial charge in [0.2, 0.25) is 0 Å². The molecule has 1 N–H and O–H groups in total. The number of carbonyl (C=O) groups is 2. The van der Waals surface area contributed by atoms with E-state index in [-0.39, 0.29) is 17.4 Å². The predicted molar refractivity (Wildman–Crippen MR) is 141 cm³/mol. The van der Waals surface area contributed by atoms with Crippen molar-refractivity contribution in [2.24, 2.45) is 0 Å². The molecule has 1 aliphatic rings. The minimum Gasteiger partial charge on any atom is -0.507 e. The van der Waals surface area contributed by atoms with E-state index in [2.05, 4.69) is 18.7 Å². The van der Waals surface area contributed by atoms with Crippen molar-refractivity contribution in [3.63, 3.8) is 0 Å². The lowest BCUT2D eigenvalue weighted by atomic mass is 9.95. The molecular weight excluding hydrogens is 456 g/mol. The van der Waals surface area contributed by atoms with E-state index < -0.39 is 17.7 Å². The summed E-state index contributed by atoms with van der Waals surface area (Å²) in [4.78, 5) is 30.3. The molecule has 1 heterocycles. The van der Waals surface area contributed by atoms with E-state index >= 15 is 0 Å². The van der Waals surface area contributed by atoms with Gasteiger partial charge in [0.25, 0.3) is 11.7 Å². The highest BCUT2D eigenvalue weighted by atomic mass is 16.5. The minimum absolute atomic E-state index is 0.0289. The number of likely N-dealkylation sites (tertiary alicyclic amines) is 1. The van der Waals surface area contributed by atoms with E-state index in [9.17, 15) is 14.7 Å². The zero-order valence-corrected chi connectivity index (χ0v) is 22.0. The number of Topliss-reactive ketones (excluding diaryl/α,β-unsaturated/α-hetero) is 1. The number of ether oxygens (including phenoxy) is 2. The van der Waals surface area contributed by atoms with Gasteiger partial charge in [-0.1, -0.05) is 26.0 Å². The van der Waals surface area contributed by atoms with Crippen LogP contribution in [0.25, 0.3) is 5.76 Å². The van der Waals surface area contributed by atoms with Crippen LogP contribution in [0.15, 0.2) is 54.1 Å². The minimum atomic E-state index is -0.679. The molecule has 1 amide bonds. The summed E-state index contributed by atoms with van der Waals surface area (Å²) in [5.41, 5.74) is 1.31. The number of hydrogen-bond donors (Lipinski definition) is 1. The number of carbonyl (C=O) groups excluding carboxylic acids is 2. The van der Waals surface area contributed by atoms with Crippen LogP contribution < -0.4 is 9.47 Å². The van der Waals surface area contributed by atoms with Gasteiger partial charge in [-0.05, 0) is 88.8 Å². The van der Waals surface area contributed by atoms with E-state index in [1.165, 1.54) is 0 Å². The Morgan fingerprint density at radius 1 is 0.972 bits per heavy atom. The number of rotatable bonds is 12. The van der Waals surface area contributed by atoms with Crippen molar-refractivity contribution in [3.05, 3.63) is 65.2 Å². The number of hydrogen-bond acceptors (Lipinski definition) is 6. The van der Waals surface area contributed by atoms with Crippen LogP contribution in [0.1, 0.15) is 58.2 Å². The molecule has 3 rings (SSSR count). The van der Waals surface area contributed by atoms with Crippen LogP contribution >= 0.6 is 0 Å². The summed E-state index contributed by atoms with van der Waals surface area (Å²) in [6.07, 6.45) is 0.754. The third-order valence-corrected chi connectivity index (χ3v) is 6.31. The molecule has 194 valence electrons.